The zero-order valence-electron chi connectivity index (χ0n) is 8.89. The van der Waals surface area contributed by atoms with Crippen molar-refractivity contribution in [3.8, 4) is 11.5 Å². The van der Waals surface area contributed by atoms with Crippen molar-refractivity contribution in [2.45, 2.75) is 6.18 Å². The highest BCUT2D eigenvalue weighted by molar-refractivity contribution is 5.59. The van der Waals surface area contributed by atoms with E-state index in [4.69, 9.17) is 9.47 Å². The summed E-state index contributed by atoms with van der Waals surface area (Å²) in [5.41, 5.74) is 0.249. The summed E-state index contributed by atoms with van der Waals surface area (Å²) in [6.45, 7) is -1.11. The minimum absolute atomic E-state index is 0.249. The predicted molar refractivity (Wildman–Crippen MR) is 54.1 cm³/mol. The van der Waals surface area contributed by atoms with Crippen LogP contribution in [0.15, 0.2) is 18.2 Å². The van der Waals surface area contributed by atoms with Gasteiger partial charge in [0.15, 0.2) is 0 Å². The Morgan fingerprint density at radius 2 is 1.88 bits per heavy atom. The Bertz CT molecular complexity index is 352. The van der Waals surface area contributed by atoms with Gasteiger partial charge in [0.2, 0.25) is 0 Å². The van der Waals surface area contributed by atoms with Crippen LogP contribution in [-0.4, -0.2) is 26.9 Å². The number of nitrogens with one attached hydrogen (secondary N) is 1. The van der Waals surface area contributed by atoms with Crippen molar-refractivity contribution < 1.29 is 22.6 Å². The first kappa shape index (κ1) is 12.5. The molecule has 0 radical (unpaired) electrons. The van der Waals surface area contributed by atoms with Gasteiger partial charge in [0.25, 0.3) is 0 Å². The number of benzene rings is 1. The van der Waals surface area contributed by atoms with Crippen molar-refractivity contribution in [3.63, 3.8) is 0 Å². The quantitative estimate of drug-likeness (QED) is 0.870. The third-order valence-electron chi connectivity index (χ3n) is 1.89. The molecule has 0 heterocycles. The average Bonchev–Trinajstić information content (AvgIpc) is 2.25. The normalized spacial score (nSPS) is 11.1. The molecule has 0 fully saturated rings. The second-order valence-electron chi connectivity index (χ2n) is 3.03. The second-order valence-corrected chi connectivity index (χ2v) is 3.03. The summed E-state index contributed by atoms with van der Waals surface area (Å²) in [7, 11) is 2.83. The van der Waals surface area contributed by atoms with Crippen LogP contribution in [0.25, 0.3) is 0 Å². The summed E-state index contributed by atoms with van der Waals surface area (Å²) in [6, 6.07) is 4.60. The zero-order chi connectivity index (χ0) is 12.2. The van der Waals surface area contributed by atoms with Crippen molar-refractivity contribution in [1.29, 1.82) is 0 Å². The van der Waals surface area contributed by atoms with Gasteiger partial charge in [0, 0.05) is 6.07 Å². The number of anilines is 1. The van der Waals surface area contributed by atoms with Crippen LogP contribution in [0.5, 0.6) is 11.5 Å². The van der Waals surface area contributed by atoms with Crippen molar-refractivity contribution in [3.05, 3.63) is 18.2 Å². The maximum absolute atomic E-state index is 12.0. The van der Waals surface area contributed by atoms with Crippen LogP contribution < -0.4 is 14.8 Å². The van der Waals surface area contributed by atoms with Gasteiger partial charge >= 0.3 is 6.18 Å². The number of rotatable bonds is 4. The van der Waals surface area contributed by atoms with E-state index in [0.717, 1.165) is 0 Å². The maximum Gasteiger partial charge on any atom is 0.405 e. The molecule has 0 saturated carbocycles. The van der Waals surface area contributed by atoms with Crippen LogP contribution in [-0.2, 0) is 0 Å². The molecule has 0 unspecified atom stereocenters. The molecule has 3 nitrogen and oxygen atoms in total. The standard InChI is InChI=1S/C10H12F3NO2/c1-15-7-3-4-9(16-2)8(5-7)14-6-10(11,12)13/h3-5,14H,6H2,1-2H3. The lowest BCUT2D eigenvalue weighted by Crippen LogP contribution is -2.21. The summed E-state index contributed by atoms with van der Waals surface area (Å²) in [4.78, 5) is 0. The molecule has 0 aliphatic rings. The molecule has 0 amide bonds. The van der Waals surface area contributed by atoms with Gasteiger partial charge in [-0.2, -0.15) is 13.2 Å². The van der Waals surface area contributed by atoms with Gasteiger partial charge in [-0.15, -0.1) is 0 Å². The fraction of sp³-hybridized carbons (Fsp3) is 0.400. The molecular weight excluding hydrogens is 223 g/mol. The number of hydrogen-bond donors (Lipinski definition) is 1. The molecular formula is C10H12F3NO2. The predicted octanol–water partition coefficient (Wildman–Crippen LogP) is 2.68. The van der Waals surface area contributed by atoms with Crippen molar-refractivity contribution in [2.75, 3.05) is 26.1 Å². The van der Waals surface area contributed by atoms with E-state index in [1.54, 1.807) is 6.07 Å². The molecule has 6 heteroatoms. The number of hydrogen-bond acceptors (Lipinski definition) is 3. The highest BCUT2D eigenvalue weighted by Crippen LogP contribution is 2.29. The van der Waals surface area contributed by atoms with Crippen LogP contribution in [0.4, 0.5) is 18.9 Å². The van der Waals surface area contributed by atoms with E-state index in [2.05, 4.69) is 5.32 Å². The minimum atomic E-state index is -4.27. The van der Waals surface area contributed by atoms with Gasteiger partial charge in [-0.1, -0.05) is 0 Å². The van der Waals surface area contributed by atoms with E-state index in [-0.39, 0.29) is 5.69 Å². The number of ether oxygens (including phenoxy) is 2. The molecule has 1 rings (SSSR count). The fourth-order valence-corrected chi connectivity index (χ4v) is 1.15. The summed E-state index contributed by atoms with van der Waals surface area (Å²) < 4.78 is 45.9. The van der Waals surface area contributed by atoms with Crippen molar-refractivity contribution in [1.82, 2.24) is 0 Å². The Morgan fingerprint density at radius 3 is 2.38 bits per heavy atom. The summed E-state index contributed by atoms with van der Waals surface area (Å²) in [5.74, 6) is 0.801. The summed E-state index contributed by atoms with van der Waals surface area (Å²) >= 11 is 0. The highest BCUT2D eigenvalue weighted by atomic mass is 19.4. The molecule has 0 saturated heterocycles. The van der Waals surface area contributed by atoms with Gasteiger partial charge in [-0.25, -0.2) is 0 Å². The molecule has 1 aromatic rings. The van der Waals surface area contributed by atoms with Gasteiger partial charge in [-0.05, 0) is 12.1 Å². The molecule has 0 bridgehead atoms. The van der Waals surface area contributed by atoms with Gasteiger partial charge in [-0.3, -0.25) is 0 Å². The Balaban J connectivity index is 2.83. The van der Waals surface area contributed by atoms with E-state index < -0.39 is 12.7 Å². The van der Waals surface area contributed by atoms with Crippen molar-refractivity contribution >= 4 is 5.69 Å². The van der Waals surface area contributed by atoms with Crippen LogP contribution in [0, 0.1) is 0 Å². The van der Waals surface area contributed by atoms with Gasteiger partial charge in [0.1, 0.15) is 18.0 Å². The lowest BCUT2D eigenvalue weighted by Gasteiger charge is -2.13. The third kappa shape index (κ3) is 3.52. The zero-order valence-corrected chi connectivity index (χ0v) is 8.89. The van der Waals surface area contributed by atoms with E-state index in [0.29, 0.717) is 11.5 Å². The maximum atomic E-state index is 12.0. The van der Waals surface area contributed by atoms with E-state index in [9.17, 15) is 13.2 Å². The highest BCUT2D eigenvalue weighted by Gasteiger charge is 2.27. The lowest BCUT2D eigenvalue weighted by molar-refractivity contribution is -0.115. The molecule has 0 aliphatic heterocycles. The Kier molecular flexibility index (Phi) is 3.87. The molecule has 1 N–H and O–H groups in total. The van der Waals surface area contributed by atoms with Crippen LogP contribution in [0.1, 0.15) is 0 Å². The van der Waals surface area contributed by atoms with Crippen LogP contribution in [0.2, 0.25) is 0 Å². The van der Waals surface area contributed by atoms with Crippen molar-refractivity contribution in [2.24, 2.45) is 0 Å². The first-order chi connectivity index (χ1) is 7.46. The number of methoxy groups -OCH3 is 2. The van der Waals surface area contributed by atoms with E-state index in [1.807, 2.05) is 0 Å². The topological polar surface area (TPSA) is 30.5 Å². The third-order valence-corrected chi connectivity index (χ3v) is 1.89. The van der Waals surface area contributed by atoms with Gasteiger partial charge in [0.05, 0.1) is 19.9 Å². The molecule has 16 heavy (non-hydrogen) atoms. The molecule has 0 atom stereocenters. The Labute approximate surface area is 91.2 Å². The largest absolute Gasteiger partial charge is 0.497 e. The Morgan fingerprint density at radius 1 is 1.19 bits per heavy atom. The van der Waals surface area contributed by atoms with Gasteiger partial charge < -0.3 is 14.8 Å². The molecule has 1 aromatic carbocycles. The summed E-state index contributed by atoms with van der Waals surface area (Å²) in [6.07, 6.45) is -4.27. The second kappa shape index (κ2) is 4.96. The first-order valence-electron chi connectivity index (χ1n) is 4.49. The molecule has 0 aromatic heterocycles. The smallest absolute Gasteiger partial charge is 0.405 e. The Hall–Kier alpha value is -1.59. The number of halogens is 3. The summed E-state index contributed by atoms with van der Waals surface area (Å²) in [5, 5.41) is 2.25. The molecule has 90 valence electrons. The lowest BCUT2D eigenvalue weighted by atomic mass is 10.2. The van der Waals surface area contributed by atoms with E-state index >= 15 is 0 Å². The SMILES string of the molecule is COc1ccc(OC)c(NCC(F)(F)F)c1. The van der Waals surface area contributed by atoms with E-state index in [1.165, 1.54) is 26.4 Å². The molecule has 0 spiro atoms. The molecule has 0 aliphatic carbocycles. The fourth-order valence-electron chi connectivity index (χ4n) is 1.15. The number of alkyl halides is 3. The average molecular weight is 235 g/mol. The van der Waals surface area contributed by atoms with Crippen LogP contribution in [0.3, 0.4) is 0 Å². The van der Waals surface area contributed by atoms with Crippen LogP contribution >= 0.6 is 0 Å². The monoisotopic (exact) mass is 235 g/mol. The minimum Gasteiger partial charge on any atom is -0.497 e. The first-order valence-corrected chi connectivity index (χ1v) is 4.49.